The molecule has 0 N–H and O–H groups in total. The summed E-state index contributed by atoms with van der Waals surface area (Å²) in [6.45, 7) is 0. The van der Waals surface area contributed by atoms with Crippen LogP contribution in [0.2, 0.25) is 5.02 Å². The Labute approximate surface area is 127 Å². The Balaban J connectivity index is 2.41. The van der Waals surface area contributed by atoms with Crippen LogP contribution in [0.4, 0.5) is 13.2 Å². The predicted molar refractivity (Wildman–Crippen MR) is 75.5 cm³/mol. The van der Waals surface area contributed by atoms with Crippen LogP contribution in [0, 0.1) is 17.5 Å². The van der Waals surface area contributed by atoms with Crippen molar-refractivity contribution in [3.05, 3.63) is 58.6 Å². The highest BCUT2D eigenvalue weighted by Gasteiger charge is 2.19. The van der Waals surface area contributed by atoms with E-state index in [1.807, 2.05) is 0 Å². The lowest BCUT2D eigenvalue weighted by atomic mass is 10.2. The fourth-order valence-corrected chi connectivity index (χ4v) is 2.64. The molecule has 1 aromatic heterocycles. The van der Waals surface area contributed by atoms with Crippen molar-refractivity contribution in [2.24, 2.45) is 0 Å². The molecule has 3 aromatic rings. The number of imidazole rings is 1. The van der Waals surface area contributed by atoms with Crippen molar-refractivity contribution in [1.29, 1.82) is 0 Å². The van der Waals surface area contributed by atoms with E-state index >= 15 is 0 Å². The second-order valence-electron chi connectivity index (χ2n) is 4.35. The molecule has 0 radical (unpaired) electrons. The lowest BCUT2D eigenvalue weighted by Gasteiger charge is -2.11. The minimum Gasteiger partial charge on any atom is -0.291 e. The number of nitrogens with zero attached hydrogens (tertiary/aromatic N) is 2. The molecule has 0 spiro atoms. The van der Waals surface area contributed by atoms with Crippen molar-refractivity contribution >= 4 is 34.2 Å². The zero-order chi connectivity index (χ0) is 15.1. The van der Waals surface area contributed by atoms with Gasteiger partial charge in [-0.05, 0) is 18.2 Å². The average Bonchev–Trinajstić information content (AvgIpc) is 2.76. The molecular formula is C14H7Cl2F3N2. The van der Waals surface area contributed by atoms with Crippen molar-refractivity contribution in [2.45, 2.75) is 5.88 Å². The van der Waals surface area contributed by atoms with Crippen LogP contribution in [-0.2, 0) is 5.88 Å². The Kier molecular flexibility index (Phi) is 3.55. The number of alkyl halides is 1. The highest BCUT2D eigenvalue weighted by molar-refractivity contribution is 6.32. The Bertz CT molecular complexity index is 823. The van der Waals surface area contributed by atoms with Crippen molar-refractivity contribution in [2.75, 3.05) is 0 Å². The normalized spacial score (nSPS) is 11.3. The summed E-state index contributed by atoms with van der Waals surface area (Å²) in [5.41, 5.74) is 0.631. The van der Waals surface area contributed by atoms with Gasteiger partial charge in [-0.2, -0.15) is 0 Å². The molecule has 0 unspecified atom stereocenters. The van der Waals surface area contributed by atoms with Crippen molar-refractivity contribution in [3.63, 3.8) is 0 Å². The van der Waals surface area contributed by atoms with Crippen LogP contribution in [0.3, 0.4) is 0 Å². The van der Waals surface area contributed by atoms with E-state index in [-0.39, 0.29) is 22.4 Å². The summed E-state index contributed by atoms with van der Waals surface area (Å²) < 4.78 is 42.0. The topological polar surface area (TPSA) is 17.8 Å². The summed E-state index contributed by atoms with van der Waals surface area (Å²) in [6, 6.07) is 5.55. The fraction of sp³-hybridized carbons (Fsp3) is 0.0714. The van der Waals surface area contributed by atoms with E-state index in [9.17, 15) is 13.2 Å². The van der Waals surface area contributed by atoms with Gasteiger partial charge in [-0.1, -0.05) is 11.6 Å². The van der Waals surface area contributed by atoms with Gasteiger partial charge in [0.15, 0.2) is 5.82 Å². The average molecular weight is 331 g/mol. The number of hydrogen-bond donors (Lipinski definition) is 0. The van der Waals surface area contributed by atoms with E-state index in [1.54, 1.807) is 0 Å². The van der Waals surface area contributed by atoms with Gasteiger partial charge in [-0.3, -0.25) is 4.57 Å². The Morgan fingerprint density at radius 3 is 2.48 bits per heavy atom. The van der Waals surface area contributed by atoms with Gasteiger partial charge in [0.2, 0.25) is 0 Å². The molecule has 0 bridgehead atoms. The molecule has 21 heavy (non-hydrogen) atoms. The lowest BCUT2D eigenvalue weighted by molar-refractivity contribution is 0.577. The van der Waals surface area contributed by atoms with Crippen LogP contribution in [-0.4, -0.2) is 9.55 Å². The Hall–Kier alpha value is -1.72. The Morgan fingerprint density at radius 2 is 1.81 bits per heavy atom. The number of halogens is 5. The molecule has 0 aliphatic carbocycles. The number of aromatic nitrogens is 2. The molecular weight excluding hydrogens is 324 g/mol. The van der Waals surface area contributed by atoms with E-state index in [0.717, 1.165) is 6.07 Å². The molecule has 0 amide bonds. The van der Waals surface area contributed by atoms with E-state index < -0.39 is 17.5 Å². The first-order chi connectivity index (χ1) is 10.0. The van der Waals surface area contributed by atoms with E-state index in [0.29, 0.717) is 17.1 Å². The van der Waals surface area contributed by atoms with Crippen LogP contribution < -0.4 is 0 Å². The first kappa shape index (κ1) is 14.2. The van der Waals surface area contributed by atoms with E-state index in [4.69, 9.17) is 23.2 Å². The maximum absolute atomic E-state index is 14.1. The van der Waals surface area contributed by atoms with Crippen LogP contribution in [0.25, 0.3) is 16.7 Å². The maximum Gasteiger partial charge on any atom is 0.151 e. The molecule has 108 valence electrons. The predicted octanol–water partition coefficient (Wildman–Crippen LogP) is 4.84. The van der Waals surface area contributed by atoms with Gasteiger partial charge in [0.1, 0.15) is 23.1 Å². The summed E-state index contributed by atoms with van der Waals surface area (Å²) >= 11 is 11.7. The van der Waals surface area contributed by atoms with Crippen LogP contribution in [0.15, 0.2) is 30.3 Å². The molecule has 0 saturated carbocycles. The monoisotopic (exact) mass is 330 g/mol. The summed E-state index contributed by atoms with van der Waals surface area (Å²) in [5, 5.41) is -0.151. The summed E-state index contributed by atoms with van der Waals surface area (Å²) in [6.07, 6.45) is 0. The van der Waals surface area contributed by atoms with Crippen molar-refractivity contribution in [3.8, 4) is 5.69 Å². The van der Waals surface area contributed by atoms with Gasteiger partial charge in [-0.15, -0.1) is 11.6 Å². The van der Waals surface area contributed by atoms with E-state index in [2.05, 4.69) is 4.98 Å². The number of hydrogen-bond acceptors (Lipinski definition) is 1. The first-order valence-electron chi connectivity index (χ1n) is 5.89. The molecule has 3 rings (SSSR count). The van der Waals surface area contributed by atoms with Gasteiger partial charge in [0.25, 0.3) is 0 Å². The third-order valence-electron chi connectivity index (χ3n) is 3.01. The van der Waals surface area contributed by atoms with Gasteiger partial charge in [0, 0.05) is 12.1 Å². The largest absolute Gasteiger partial charge is 0.291 e. The minimum atomic E-state index is -0.880. The first-order valence-corrected chi connectivity index (χ1v) is 6.80. The SMILES string of the molecule is Fc1cc(F)c(-n2c(CCl)nc3ccc(F)cc32)c(Cl)c1. The minimum absolute atomic E-state index is 0.0382. The zero-order valence-electron chi connectivity index (χ0n) is 10.4. The van der Waals surface area contributed by atoms with Crippen LogP contribution in [0.5, 0.6) is 0 Å². The van der Waals surface area contributed by atoms with Gasteiger partial charge in [0.05, 0.1) is 21.9 Å². The third kappa shape index (κ3) is 2.36. The number of benzene rings is 2. The second kappa shape index (κ2) is 5.24. The molecule has 0 fully saturated rings. The zero-order valence-corrected chi connectivity index (χ0v) is 11.9. The summed E-state index contributed by atoms with van der Waals surface area (Å²) in [5.74, 6) is -1.95. The summed E-state index contributed by atoms with van der Waals surface area (Å²) in [4.78, 5) is 4.20. The molecule has 7 heteroatoms. The molecule has 2 aromatic carbocycles. The molecule has 0 saturated heterocycles. The van der Waals surface area contributed by atoms with Gasteiger partial charge in [-0.25, -0.2) is 18.2 Å². The molecule has 0 aliphatic heterocycles. The number of rotatable bonds is 2. The second-order valence-corrected chi connectivity index (χ2v) is 5.02. The fourth-order valence-electron chi connectivity index (χ4n) is 2.19. The molecule has 2 nitrogen and oxygen atoms in total. The maximum atomic E-state index is 14.1. The molecule has 1 heterocycles. The quantitative estimate of drug-likeness (QED) is 0.615. The smallest absolute Gasteiger partial charge is 0.151 e. The van der Waals surface area contributed by atoms with Crippen molar-refractivity contribution < 1.29 is 13.2 Å². The van der Waals surface area contributed by atoms with E-state index in [1.165, 1.54) is 22.8 Å². The highest BCUT2D eigenvalue weighted by Crippen LogP contribution is 2.30. The van der Waals surface area contributed by atoms with Gasteiger partial charge >= 0.3 is 0 Å². The van der Waals surface area contributed by atoms with Crippen LogP contribution >= 0.6 is 23.2 Å². The Morgan fingerprint density at radius 1 is 1.05 bits per heavy atom. The number of fused-ring (bicyclic) bond motifs is 1. The third-order valence-corrected chi connectivity index (χ3v) is 3.54. The lowest BCUT2D eigenvalue weighted by Crippen LogP contribution is -2.04. The van der Waals surface area contributed by atoms with Gasteiger partial charge < -0.3 is 0 Å². The highest BCUT2D eigenvalue weighted by atomic mass is 35.5. The molecule has 0 aliphatic rings. The summed E-state index contributed by atoms with van der Waals surface area (Å²) in [7, 11) is 0. The van der Waals surface area contributed by atoms with Crippen molar-refractivity contribution in [1.82, 2.24) is 9.55 Å². The standard InChI is InChI=1S/C14H7Cl2F3N2/c15-6-13-20-11-2-1-7(17)5-12(11)21(13)14-9(16)3-8(18)4-10(14)19/h1-5H,6H2. The van der Waals surface area contributed by atoms with Crippen LogP contribution in [0.1, 0.15) is 5.82 Å². The molecule has 0 atom stereocenters.